The largest absolute Gasteiger partial charge is 0.482 e. The van der Waals surface area contributed by atoms with E-state index in [1.165, 1.54) is 6.92 Å². The van der Waals surface area contributed by atoms with E-state index in [1.807, 2.05) is 0 Å². The zero-order chi connectivity index (χ0) is 17.5. The van der Waals surface area contributed by atoms with Crippen LogP contribution in [0.25, 0.3) is 0 Å². The van der Waals surface area contributed by atoms with Crippen molar-refractivity contribution in [2.45, 2.75) is 13.0 Å². The van der Waals surface area contributed by atoms with E-state index in [0.29, 0.717) is 16.5 Å². The summed E-state index contributed by atoms with van der Waals surface area (Å²) in [4.78, 5) is 23.8. The van der Waals surface area contributed by atoms with Crippen LogP contribution in [0.1, 0.15) is 6.92 Å². The Hall–Kier alpha value is -2.05. The molecule has 0 fully saturated rings. The van der Waals surface area contributed by atoms with Gasteiger partial charge < -0.3 is 14.8 Å². The minimum absolute atomic E-state index is 0.286. The smallest absolute Gasteiger partial charge is 0.344 e. The minimum atomic E-state index is -0.970. The molecule has 126 valence electrons. The maximum Gasteiger partial charge on any atom is 0.344 e. The Bertz CT molecular complexity index is 721. The fourth-order valence-corrected chi connectivity index (χ4v) is 2.20. The Morgan fingerprint density at radius 3 is 2.50 bits per heavy atom. The number of amides is 1. The number of para-hydroxylation sites is 1. The number of hydrogen-bond acceptors (Lipinski definition) is 4. The SMILES string of the molecule is CC(OC(=O)COc1ccc(Br)cc1)C(=O)Nc1ccccc1Cl. The summed E-state index contributed by atoms with van der Waals surface area (Å²) >= 11 is 9.27. The number of carbonyl (C=O) groups excluding carboxylic acids is 2. The van der Waals surface area contributed by atoms with Crippen molar-refractivity contribution in [1.29, 1.82) is 0 Å². The molecule has 0 heterocycles. The first-order valence-electron chi connectivity index (χ1n) is 7.09. The third kappa shape index (κ3) is 5.54. The van der Waals surface area contributed by atoms with Gasteiger partial charge in [-0.25, -0.2) is 4.79 Å². The van der Waals surface area contributed by atoms with E-state index >= 15 is 0 Å². The second-order valence-electron chi connectivity index (χ2n) is 4.84. The normalized spacial score (nSPS) is 11.5. The molecular formula is C17H15BrClNO4. The minimum Gasteiger partial charge on any atom is -0.482 e. The van der Waals surface area contributed by atoms with E-state index in [2.05, 4.69) is 21.2 Å². The molecule has 0 aliphatic heterocycles. The Morgan fingerprint density at radius 2 is 1.83 bits per heavy atom. The molecule has 1 atom stereocenters. The molecule has 1 amide bonds. The lowest BCUT2D eigenvalue weighted by molar-refractivity contribution is -0.155. The molecule has 0 aliphatic rings. The van der Waals surface area contributed by atoms with Gasteiger partial charge in [-0.1, -0.05) is 39.7 Å². The van der Waals surface area contributed by atoms with E-state index in [4.69, 9.17) is 21.1 Å². The lowest BCUT2D eigenvalue weighted by Crippen LogP contribution is -2.31. The van der Waals surface area contributed by atoms with Gasteiger partial charge in [0.05, 0.1) is 10.7 Å². The first-order chi connectivity index (χ1) is 11.5. The second-order valence-corrected chi connectivity index (χ2v) is 6.17. The van der Waals surface area contributed by atoms with Crippen LogP contribution in [0.3, 0.4) is 0 Å². The molecule has 0 bridgehead atoms. The third-order valence-corrected chi connectivity index (χ3v) is 3.84. The molecule has 0 saturated carbocycles. The average Bonchev–Trinajstić information content (AvgIpc) is 2.56. The number of rotatable bonds is 6. The summed E-state index contributed by atoms with van der Waals surface area (Å²) in [7, 11) is 0. The van der Waals surface area contributed by atoms with Crippen molar-refractivity contribution in [3.8, 4) is 5.75 Å². The highest BCUT2D eigenvalue weighted by Crippen LogP contribution is 2.20. The summed E-state index contributed by atoms with van der Waals surface area (Å²) < 4.78 is 11.2. The van der Waals surface area contributed by atoms with Crippen molar-refractivity contribution in [2.75, 3.05) is 11.9 Å². The number of benzene rings is 2. The Balaban J connectivity index is 1.81. The number of esters is 1. The van der Waals surface area contributed by atoms with Crippen molar-refractivity contribution in [3.05, 3.63) is 58.0 Å². The van der Waals surface area contributed by atoms with Gasteiger partial charge in [-0.2, -0.15) is 0 Å². The maximum atomic E-state index is 12.0. The summed E-state index contributed by atoms with van der Waals surface area (Å²) in [5.41, 5.74) is 0.457. The first-order valence-corrected chi connectivity index (χ1v) is 8.26. The topological polar surface area (TPSA) is 64.6 Å². The molecule has 0 aromatic heterocycles. The predicted molar refractivity (Wildman–Crippen MR) is 95.3 cm³/mol. The van der Waals surface area contributed by atoms with Crippen LogP contribution in [-0.4, -0.2) is 24.6 Å². The van der Waals surface area contributed by atoms with Gasteiger partial charge in [-0.3, -0.25) is 4.79 Å². The van der Waals surface area contributed by atoms with Crippen LogP contribution in [0.4, 0.5) is 5.69 Å². The standard InChI is InChI=1S/C17H15BrClNO4/c1-11(17(22)20-15-5-3-2-4-14(15)19)24-16(21)10-23-13-8-6-12(18)7-9-13/h2-9,11H,10H2,1H3,(H,20,22). The molecule has 1 N–H and O–H groups in total. The summed E-state index contributed by atoms with van der Waals surface area (Å²) in [6.45, 7) is 1.19. The molecule has 0 aliphatic carbocycles. The maximum absolute atomic E-state index is 12.0. The molecule has 0 spiro atoms. The van der Waals surface area contributed by atoms with Crippen LogP contribution < -0.4 is 10.1 Å². The van der Waals surface area contributed by atoms with E-state index in [-0.39, 0.29) is 6.61 Å². The summed E-state index contributed by atoms with van der Waals surface area (Å²) in [5.74, 6) is -0.580. The van der Waals surface area contributed by atoms with E-state index in [0.717, 1.165) is 4.47 Å². The number of carbonyl (C=O) groups is 2. The Labute approximate surface area is 153 Å². The summed E-state index contributed by atoms with van der Waals surface area (Å²) in [5, 5.41) is 3.01. The predicted octanol–water partition coefficient (Wildman–Crippen LogP) is 4.05. The molecule has 1 unspecified atom stereocenters. The van der Waals surface area contributed by atoms with E-state index in [1.54, 1.807) is 48.5 Å². The molecule has 0 radical (unpaired) electrons. The molecule has 0 saturated heterocycles. The van der Waals surface area contributed by atoms with Crippen LogP contribution >= 0.6 is 27.5 Å². The molecule has 2 aromatic carbocycles. The van der Waals surface area contributed by atoms with E-state index in [9.17, 15) is 9.59 Å². The highest BCUT2D eigenvalue weighted by atomic mass is 79.9. The number of hydrogen-bond donors (Lipinski definition) is 1. The highest BCUT2D eigenvalue weighted by Gasteiger charge is 2.19. The van der Waals surface area contributed by atoms with Crippen LogP contribution in [-0.2, 0) is 14.3 Å². The zero-order valence-corrected chi connectivity index (χ0v) is 15.1. The molecular weight excluding hydrogens is 398 g/mol. The van der Waals surface area contributed by atoms with Crippen LogP contribution in [0.2, 0.25) is 5.02 Å². The Morgan fingerprint density at radius 1 is 1.17 bits per heavy atom. The molecule has 7 heteroatoms. The highest BCUT2D eigenvalue weighted by molar-refractivity contribution is 9.10. The lowest BCUT2D eigenvalue weighted by atomic mass is 10.3. The van der Waals surface area contributed by atoms with Gasteiger partial charge in [0.1, 0.15) is 5.75 Å². The average molecular weight is 413 g/mol. The van der Waals surface area contributed by atoms with Crippen molar-refractivity contribution < 1.29 is 19.1 Å². The number of ether oxygens (including phenoxy) is 2. The third-order valence-electron chi connectivity index (χ3n) is 2.98. The molecule has 2 rings (SSSR count). The monoisotopic (exact) mass is 411 g/mol. The zero-order valence-electron chi connectivity index (χ0n) is 12.8. The quantitative estimate of drug-likeness (QED) is 0.727. The van der Waals surface area contributed by atoms with Gasteiger partial charge in [0.25, 0.3) is 5.91 Å². The van der Waals surface area contributed by atoms with Gasteiger partial charge >= 0.3 is 5.97 Å². The van der Waals surface area contributed by atoms with Crippen molar-refractivity contribution in [3.63, 3.8) is 0 Å². The van der Waals surface area contributed by atoms with Gasteiger partial charge in [0.2, 0.25) is 0 Å². The van der Waals surface area contributed by atoms with Gasteiger partial charge in [-0.15, -0.1) is 0 Å². The van der Waals surface area contributed by atoms with Crippen LogP contribution in [0, 0.1) is 0 Å². The van der Waals surface area contributed by atoms with Crippen molar-refractivity contribution in [2.24, 2.45) is 0 Å². The number of nitrogens with one attached hydrogen (secondary N) is 1. The lowest BCUT2D eigenvalue weighted by Gasteiger charge is -2.14. The second kappa shape index (κ2) is 8.70. The molecule has 24 heavy (non-hydrogen) atoms. The van der Waals surface area contributed by atoms with Gasteiger partial charge in [0.15, 0.2) is 12.7 Å². The van der Waals surface area contributed by atoms with E-state index < -0.39 is 18.0 Å². The van der Waals surface area contributed by atoms with Gasteiger partial charge in [-0.05, 0) is 43.3 Å². The number of halogens is 2. The fraction of sp³-hybridized carbons (Fsp3) is 0.176. The fourth-order valence-electron chi connectivity index (χ4n) is 1.75. The van der Waals surface area contributed by atoms with Gasteiger partial charge in [0, 0.05) is 4.47 Å². The summed E-state index contributed by atoms with van der Waals surface area (Å²) in [6.07, 6.45) is -0.970. The van der Waals surface area contributed by atoms with Crippen molar-refractivity contribution in [1.82, 2.24) is 0 Å². The first kappa shape index (κ1) is 18.3. The Kier molecular flexibility index (Phi) is 6.63. The molecule has 2 aromatic rings. The number of anilines is 1. The van der Waals surface area contributed by atoms with Crippen LogP contribution in [0.5, 0.6) is 5.75 Å². The van der Waals surface area contributed by atoms with Crippen molar-refractivity contribution >= 4 is 45.1 Å². The molecule has 5 nitrogen and oxygen atoms in total. The van der Waals surface area contributed by atoms with Crippen LogP contribution in [0.15, 0.2) is 53.0 Å². The summed E-state index contributed by atoms with van der Waals surface area (Å²) in [6, 6.07) is 13.8.